The number of nitrogens with zero attached hydrogens (tertiary/aromatic N) is 1. The summed E-state index contributed by atoms with van der Waals surface area (Å²) >= 11 is 6.19. The average Bonchev–Trinajstić information content (AvgIpc) is 3.08. The smallest absolute Gasteiger partial charge is 0.300 e. The molecule has 3 aromatic rings. The van der Waals surface area contributed by atoms with Crippen molar-refractivity contribution in [3.05, 3.63) is 98.6 Å². The third-order valence-electron chi connectivity index (χ3n) is 6.83. The van der Waals surface area contributed by atoms with Crippen LogP contribution in [0, 0.1) is 20.8 Å². The summed E-state index contributed by atoms with van der Waals surface area (Å²) in [6.45, 7) is 12.0. The van der Waals surface area contributed by atoms with Crippen molar-refractivity contribution in [2.24, 2.45) is 0 Å². The van der Waals surface area contributed by atoms with Gasteiger partial charge in [0.2, 0.25) is 0 Å². The molecule has 1 fully saturated rings. The number of benzene rings is 3. The minimum atomic E-state index is -0.834. The normalized spacial score (nSPS) is 17.4. The zero-order valence-corrected chi connectivity index (χ0v) is 23.0. The number of ether oxygens (including phenoxy) is 1. The number of aryl methyl sites for hydroxylation is 3. The Bertz CT molecular complexity index is 1430. The van der Waals surface area contributed by atoms with Crippen molar-refractivity contribution in [1.29, 1.82) is 0 Å². The summed E-state index contributed by atoms with van der Waals surface area (Å²) < 4.78 is 5.59. The number of methoxy groups -OCH3 is 1. The molecule has 1 atom stereocenters. The summed E-state index contributed by atoms with van der Waals surface area (Å²) in [4.78, 5) is 28.6. The van der Waals surface area contributed by atoms with Crippen LogP contribution >= 0.6 is 11.6 Å². The van der Waals surface area contributed by atoms with E-state index in [4.69, 9.17) is 16.3 Å². The highest BCUT2D eigenvalue weighted by atomic mass is 35.5. The van der Waals surface area contributed by atoms with Gasteiger partial charge in [-0.05, 0) is 78.3 Å². The molecule has 1 aliphatic heterocycles. The van der Waals surface area contributed by atoms with Crippen LogP contribution < -0.4 is 9.64 Å². The zero-order valence-electron chi connectivity index (χ0n) is 22.3. The molecule has 1 heterocycles. The van der Waals surface area contributed by atoms with Gasteiger partial charge in [0.05, 0.1) is 24.3 Å². The van der Waals surface area contributed by atoms with E-state index < -0.39 is 17.7 Å². The van der Waals surface area contributed by atoms with Crippen molar-refractivity contribution in [2.75, 3.05) is 12.0 Å². The molecule has 3 aromatic carbocycles. The van der Waals surface area contributed by atoms with E-state index in [1.165, 1.54) is 12.0 Å². The first-order valence-electron chi connectivity index (χ1n) is 12.2. The lowest BCUT2D eigenvalue weighted by Crippen LogP contribution is -2.30. The highest BCUT2D eigenvalue weighted by molar-refractivity contribution is 6.52. The second-order valence-electron chi connectivity index (χ2n) is 10.6. The van der Waals surface area contributed by atoms with Gasteiger partial charge in [-0.2, -0.15) is 0 Å². The number of carbonyl (C=O) groups is 2. The van der Waals surface area contributed by atoms with Crippen LogP contribution in [0.2, 0.25) is 5.02 Å². The highest BCUT2D eigenvalue weighted by Gasteiger charge is 2.47. The van der Waals surface area contributed by atoms with Crippen molar-refractivity contribution in [3.63, 3.8) is 0 Å². The first kappa shape index (κ1) is 26.5. The number of hydrogen-bond acceptors (Lipinski definition) is 4. The van der Waals surface area contributed by atoms with Gasteiger partial charge in [-0.1, -0.05) is 62.7 Å². The second-order valence-corrected chi connectivity index (χ2v) is 11.1. The van der Waals surface area contributed by atoms with Gasteiger partial charge in [0.25, 0.3) is 11.7 Å². The van der Waals surface area contributed by atoms with Crippen LogP contribution in [0.25, 0.3) is 5.76 Å². The first-order chi connectivity index (χ1) is 17.3. The number of Topliss-reactive ketones (excluding diaryl/α,β-unsaturated/α-hetero) is 1. The third kappa shape index (κ3) is 4.76. The molecule has 1 saturated heterocycles. The van der Waals surface area contributed by atoms with Gasteiger partial charge >= 0.3 is 0 Å². The fourth-order valence-electron chi connectivity index (χ4n) is 5.00. The Hall–Kier alpha value is -3.57. The molecule has 1 N–H and O–H groups in total. The molecule has 0 radical (unpaired) electrons. The van der Waals surface area contributed by atoms with E-state index in [1.807, 2.05) is 51.1 Å². The molecular weight excluding hydrogens is 486 g/mol. The zero-order chi connectivity index (χ0) is 27.2. The summed E-state index contributed by atoms with van der Waals surface area (Å²) in [5, 5.41) is 12.2. The maximum absolute atomic E-state index is 13.6. The van der Waals surface area contributed by atoms with Crippen LogP contribution in [-0.4, -0.2) is 23.9 Å². The summed E-state index contributed by atoms with van der Waals surface area (Å²) in [5.74, 6) is -1.27. The Morgan fingerprint density at radius 1 is 0.946 bits per heavy atom. The molecular formula is C31H32ClNO4. The van der Waals surface area contributed by atoms with Crippen molar-refractivity contribution < 1.29 is 19.4 Å². The molecule has 0 aromatic heterocycles. The van der Waals surface area contributed by atoms with E-state index in [0.717, 1.165) is 22.3 Å². The van der Waals surface area contributed by atoms with Gasteiger partial charge in [-0.3, -0.25) is 14.5 Å². The predicted octanol–water partition coefficient (Wildman–Crippen LogP) is 7.20. The van der Waals surface area contributed by atoms with Gasteiger partial charge in [-0.25, -0.2) is 0 Å². The van der Waals surface area contributed by atoms with E-state index in [0.29, 0.717) is 27.6 Å². The molecule has 192 valence electrons. The molecule has 5 nitrogen and oxygen atoms in total. The van der Waals surface area contributed by atoms with Crippen LogP contribution in [0.3, 0.4) is 0 Å². The molecule has 37 heavy (non-hydrogen) atoms. The molecule has 0 bridgehead atoms. The third-order valence-corrected chi connectivity index (χ3v) is 7.07. The van der Waals surface area contributed by atoms with Gasteiger partial charge in [-0.15, -0.1) is 0 Å². The number of halogens is 1. The summed E-state index contributed by atoms with van der Waals surface area (Å²) in [7, 11) is 1.52. The van der Waals surface area contributed by atoms with Crippen LogP contribution in [0.15, 0.2) is 60.2 Å². The Kier molecular flexibility index (Phi) is 6.95. The lowest BCUT2D eigenvalue weighted by Gasteiger charge is -2.28. The standard InChI is InChI=1S/C31H32ClNO4/c1-17-14-19(3)29(37-7)23(15-17)27(34)25-26(20-8-10-21(11-9-20)31(4,5)6)33(30(36)28(25)35)24-13-12-22(32)16-18(24)2/h8-16,26,34H,1-7H3/b27-25+. The fraction of sp³-hybridized carbons (Fsp3) is 0.290. The quantitative estimate of drug-likeness (QED) is 0.226. The molecule has 1 amide bonds. The van der Waals surface area contributed by atoms with Crippen molar-refractivity contribution in [3.8, 4) is 5.75 Å². The van der Waals surface area contributed by atoms with E-state index in [1.54, 1.807) is 24.3 Å². The van der Waals surface area contributed by atoms with Crippen molar-refractivity contribution >= 4 is 34.7 Å². The number of anilines is 1. The summed E-state index contributed by atoms with van der Waals surface area (Å²) in [6, 6.07) is 15.9. The van der Waals surface area contributed by atoms with Crippen LogP contribution in [0.5, 0.6) is 5.75 Å². The largest absolute Gasteiger partial charge is 0.507 e. The topological polar surface area (TPSA) is 66.8 Å². The summed E-state index contributed by atoms with van der Waals surface area (Å²) in [6.07, 6.45) is 0. The predicted molar refractivity (Wildman–Crippen MR) is 149 cm³/mol. The number of aliphatic hydroxyl groups is 1. The minimum Gasteiger partial charge on any atom is -0.507 e. The molecule has 1 unspecified atom stereocenters. The van der Waals surface area contributed by atoms with E-state index in [-0.39, 0.29) is 16.7 Å². The number of amides is 1. The number of rotatable bonds is 4. The highest BCUT2D eigenvalue weighted by Crippen LogP contribution is 2.45. The van der Waals surface area contributed by atoms with Crippen LogP contribution in [-0.2, 0) is 15.0 Å². The number of aliphatic hydroxyl groups excluding tert-OH is 1. The SMILES string of the molecule is COc1c(C)cc(C)cc1/C(O)=C1\C(=O)C(=O)N(c2ccc(Cl)cc2C)C1c1ccc(C(C)(C)C)cc1. The monoisotopic (exact) mass is 517 g/mol. The Labute approximate surface area is 223 Å². The van der Waals surface area contributed by atoms with E-state index >= 15 is 0 Å². The molecule has 1 aliphatic rings. The average molecular weight is 518 g/mol. The van der Waals surface area contributed by atoms with Gasteiger partial charge < -0.3 is 9.84 Å². The second kappa shape index (κ2) is 9.71. The van der Waals surface area contributed by atoms with Gasteiger partial charge in [0.15, 0.2) is 0 Å². The van der Waals surface area contributed by atoms with Crippen molar-refractivity contribution in [1.82, 2.24) is 0 Å². The minimum absolute atomic E-state index is 0.0196. The van der Waals surface area contributed by atoms with Crippen LogP contribution in [0.4, 0.5) is 5.69 Å². The molecule has 6 heteroatoms. The number of hydrogen-bond donors (Lipinski definition) is 1. The lowest BCUT2D eigenvalue weighted by molar-refractivity contribution is -0.132. The van der Waals surface area contributed by atoms with Crippen molar-refractivity contribution in [2.45, 2.75) is 53.0 Å². The number of carbonyl (C=O) groups excluding carboxylic acids is 2. The van der Waals surface area contributed by atoms with Gasteiger partial charge in [0, 0.05) is 10.7 Å². The van der Waals surface area contributed by atoms with Crippen LogP contribution in [0.1, 0.15) is 60.2 Å². The maximum Gasteiger partial charge on any atom is 0.300 e. The molecule has 0 saturated carbocycles. The fourth-order valence-corrected chi connectivity index (χ4v) is 5.22. The first-order valence-corrected chi connectivity index (χ1v) is 12.6. The number of ketones is 1. The Morgan fingerprint density at radius 3 is 2.16 bits per heavy atom. The Morgan fingerprint density at radius 2 is 1.59 bits per heavy atom. The molecule has 0 aliphatic carbocycles. The van der Waals surface area contributed by atoms with E-state index in [2.05, 4.69) is 20.8 Å². The maximum atomic E-state index is 13.6. The lowest BCUT2D eigenvalue weighted by atomic mass is 9.85. The van der Waals surface area contributed by atoms with E-state index in [9.17, 15) is 14.7 Å². The van der Waals surface area contributed by atoms with Gasteiger partial charge in [0.1, 0.15) is 11.5 Å². The molecule has 4 rings (SSSR count). The molecule has 0 spiro atoms. The summed E-state index contributed by atoms with van der Waals surface area (Å²) in [5.41, 5.74) is 5.18. The Balaban J connectivity index is 2.01.